The molecule has 0 bridgehead atoms. The molecule has 1 N–H and O–H groups in total. The Bertz CT molecular complexity index is 534. The van der Waals surface area contributed by atoms with Gasteiger partial charge in [0.25, 0.3) is 0 Å². The molecule has 0 saturated carbocycles. The number of hydrogen-bond acceptors (Lipinski definition) is 6. The monoisotopic (exact) mass is 246 g/mol. The second-order valence-corrected chi connectivity index (χ2v) is 4.23. The molecule has 6 nitrogen and oxygen atoms in total. The average molecular weight is 246 g/mol. The van der Waals surface area contributed by atoms with E-state index in [-0.39, 0.29) is 6.04 Å². The predicted molar refractivity (Wildman–Crippen MR) is 63.8 cm³/mol. The van der Waals surface area contributed by atoms with Gasteiger partial charge in [0.05, 0.1) is 13.2 Å². The Balaban J connectivity index is 1.87. The van der Waals surface area contributed by atoms with Crippen LogP contribution < -0.4 is 5.32 Å². The molecule has 1 saturated heterocycles. The zero-order valence-corrected chi connectivity index (χ0v) is 10.1. The summed E-state index contributed by atoms with van der Waals surface area (Å²) in [5, 5.41) is 7.29. The highest BCUT2D eigenvalue weighted by molar-refractivity contribution is 5.57. The predicted octanol–water partition coefficient (Wildman–Crippen LogP) is 1.10. The normalized spacial score (nSPS) is 19.9. The molecule has 1 atom stereocenters. The van der Waals surface area contributed by atoms with Gasteiger partial charge in [-0.2, -0.15) is 4.98 Å². The van der Waals surface area contributed by atoms with E-state index < -0.39 is 0 Å². The van der Waals surface area contributed by atoms with E-state index in [0.29, 0.717) is 18.3 Å². The van der Waals surface area contributed by atoms with E-state index >= 15 is 0 Å². The number of aromatic nitrogens is 3. The summed E-state index contributed by atoms with van der Waals surface area (Å²) in [6.45, 7) is 4.06. The lowest BCUT2D eigenvalue weighted by Crippen LogP contribution is -2.34. The molecule has 0 aromatic carbocycles. The smallest absolute Gasteiger partial charge is 0.246 e. The highest BCUT2D eigenvalue weighted by Gasteiger charge is 2.22. The molecule has 2 aromatic heterocycles. The molecule has 0 radical (unpaired) electrons. The Labute approximate surface area is 104 Å². The standard InChI is InChI=1S/C12H14N4O2/c1-8-6-13-3-2-9(8)11-15-12(18-16-11)10-7-17-5-4-14-10/h2-3,6,10,14H,4-5,7H2,1H3. The maximum Gasteiger partial charge on any atom is 0.246 e. The van der Waals surface area contributed by atoms with Gasteiger partial charge >= 0.3 is 0 Å². The molecular weight excluding hydrogens is 232 g/mol. The summed E-state index contributed by atoms with van der Waals surface area (Å²) in [5.74, 6) is 1.16. The number of pyridine rings is 1. The molecule has 94 valence electrons. The molecule has 1 aliphatic heterocycles. The van der Waals surface area contributed by atoms with E-state index in [1.807, 2.05) is 13.0 Å². The number of hydrogen-bond donors (Lipinski definition) is 1. The summed E-state index contributed by atoms with van der Waals surface area (Å²) in [5.41, 5.74) is 1.97. The number of nitrogens with one attached hydrogen (secondary N) is 1. The Morgan fingerprint density at radius 3 is 3.17 bits per heavy atom. The number of ether oxygens (including phenoxy) is 1. The minimum absolute atomic E-state index is 0.0119. The lowest BCUT2D eigenvalue weighted by atomic mass is 10.1. The van der Waals surface area contributed by atoms with E-state index in [1.165, 1.54) is 0 Å². The third-order valence-electron chi connectivity index (χ3n) is 2.92. The molecular formula is C12H14N4O2. The highest BCUT2D eigenvalue weighted by Crippen LogP contribution is 2.21. The number of morpholine rings is 1. The molecule has 1 fully saturated rings. The van der Waals surface area contributed by atoms with E-state index in [2.05, 4.69) is 20.4 Å². The zero-order valence-electron chi connectivity index (χ0n) is 10.1. The molecule has 0 amide bonds. The van der Waals surface area contributed by atoms with Crippen LogP contribution in [0.3, 0.4) is 0 Å². The van der Waals surface area contributed by atoms with Crippen LogP contribution in [0.2, 0.25) is 0 Å². The lowest BCUT2D eigenvalue weighted by Gasteiger charge is -2.20. The first-order valence-electron chi connectivity index (χ1n) is 5.90. The van der Waals surface area contributed by atoms with E-state index in [1.54, 1.807) is 12.4 Å². The number of aryl methyl sites for hydroxylation is 1. The van der Waals surface area contributed by atoms with Crippen LogP contribution in [0.4, 0.5) is 0 Å². The van der Waals surface area contributed by atoms with Crippen molar-refractivity contribution in [3.63, 3.8) is 0 Å². The Morgan fingerprint density at radius 1 is 1.44 bits per heavy atom. The van der Waals surface area contributed by atoms with Crippen molar-refractivity contribution in [2.24, 2.45) is 0 Å². The van der Waals surface area contributed by atoms with Crippen molar-refractivity contribution >= 4 is 0 Å². The average Bonchev–Trinajstić information content (AvgIpc) is 2.90. The van der Waals surface area contributed by atoms with Gasteiger partial charge in [0.2, 0.25) is 11.7 Å². The van der Waals surface area contributed by atoms with Crippen molar-refractivity contribution in [2.45, 2.75) is 13.0 Å². The van der Waals surface area contributed by atoms with Crippen LogP contribution >= 0.6 is 0 Å². The third kappa shape index (κ3) is 2.12. The van der Waals surface area contributed by atoms with Crippen molar-refractivity contribution in [1.29, 1.82) is 0 Å². The van der Waals surface area contributed by atoms with Gasteiger partial charge in [-0.15, -0.1) is 0 Å². The van der Waals surface area contributed by atoms with Crippen LogP contribution in [0.25, 0.3) is 11.4 Å². The maximum atomic E-state index is 5.37. The topological polar surface area (TPSA) is 73.1 Å². The fourth-order valence-corrected chi connectivity index (χ4v) is 1.93. The molecule has 2 aromatic rings. The van der Waals surface area contributed by atoms with Crippen molar-refractivity contribution < 1.29 is 9.26 Å². The van der Waals surface area contributed by atoms with E-state index in [0.717, 1.165) is 24.3 Å². The Morgan fingerprint density at radius 2 is 2.39 bits per heavy atom. The van der Waals surface area contributed by atoms with Gasteiger partial charge in [0, 0.05) is 24.5 Å². The van der Waals surface area contributed by atoms with E-state index in [9.17, 15) is 0 Å². The van der Waals surface area contributed by atoms with Gasteiger partial charge in [-0.1, -0.05) is 5.16 Å². The number of nitrogens with zero attached hydrogens (tertiary/aromatic N) is 3. The molecule has 0 aliphatic carbocycles. The minimum Gasteiger partial charge on any atom is -0.378 e. The zero-order chi connectivity index (χ0) is 12.4. The molecule has 1 unspecified atom stereocenters. The SMILES string of the molecule is Cc1cnccc1-c1noc(C2COCCN2)n1. The summed E-state index contributed by atoms with van der Waals surface area (Å²) in [6, 6.07) is 1.87. The summed E-state index contributed by atoms with van der Waals surface area (Å²) in [7, 11) is 0. The van der Waals surface area contributed by atoms with Crippen LogP contribution in [0.1, 0.15) is 17.5 Å². The second-order valence-electron chi connectivity index (χ2n) is 4.23. The fraction of sp³-hybridized carbons (Fsp3) is 0.417. The van der Waals surface area contributed by atoms with Crippen LogP contribution in [0, 0.1) is 6.92 Å². The van der Waals surface area contributed by atoms with Gasteiger partial charge in [-0.25, -0.2) is 0 Å². The second kappa shape index (κ2) is 4.83. The summed E-state index contributed by atoms with van der Waals surface area (Å²) < 4.78 is 10.7. The molecule has 3 rings (SSSR count). The summed E-state index contributed by atoms with van der Waals surface area (Å²) in [6.07, 6.45) is 3.51. The third-order valence-corrected chi connectivity index (χ3v) is 2.92. The number of rotatable bonds is 2. The van der Waals surface area contributed by atoms with E-state index in [4.69, 9.17) is 9.26 Å². The first-order chi connectivity index (χ1) is 8.84. The lowest BCUT2D eigenvalue weighted by molar-refractivity contribution is 0.0659. The first kappa shape index (κ1) is 11.3. The molecule has 1 aliphatic rings. The van der Waals surface area contributed by atoms with Crippen LogP contribution in [-0.2, 0) is 4.74 Å². The van der Waals surface area contributed by atoms with Gasteiger partial charge in [-0.3, -0.25) is 4.98 Å². The molecule has 18 heavy (non-hydrogen) atoms. The van der Waals surface area contributed by atoms with Gasteiger partial charge in [0.15, 0.2) is 0 Å². The van der Waals surface area contributed by atoms with Crippen molar-refractivity contribution in [3.8, 4) is 11.4 Å². The van der Waals surface area contributed by atoms with Crippen LogP contribution in [0.15, 0.2) is 23.0 Å². The quantitative estimate of drug-likeness (QED) is 0.855. The minimum atomic E-state index is -0.0119. The maximum absolute atomic E-state index is 5.37. The largest absolute Gasteiger partial charge is 0.378 e. The Hall–Kier alpha value is -1.79. The van der Waals surface area contributed by atoms with Crippen molar-refractivity contribution in [1.82, 2.24) is 20.4 Å². The van der Waals surface area contributed by atoms with Crippen LogP contribution in [-0.4, -0.2) is 34.9 Å². The fourth-order valence-electron chi connectivity index (χ4n) is 1.93. The van der Waals surface area contributed by atoms with Gasteiger partial charge in [-0.05, 0) is 18.6 Å². The van der Waals surface area contributed by atoms with Crippen molar-refractivity contribution in [2.75, 3.05) is 19.8 Å². The molecule has 6 heteroatoms. The van der Waals surface area contributed by atoms with Gasteiger partial charge in [0.1, 0.15) is 6.04 Å². The summed E-state index contributed by atoms with van der Waals surface area (Å²) in [4.78, 5) is 8.47. The van der Waals surface area contributed by atoms with Crippen LogP contribution in [0.5, 0.6) is 0 Å². The summed E-state index contributed by atoms with van der Waals surface area (Å²) >= 11 is 0. The highest BCUT2D eigenvalue weighted by atomic mass is 16.5. The molecule has 0 spiro atoms. The van der Waals surface area contributed by atoms with Gasteiger partial charge < -0.3 is 14.6 Å². The molecule has 3 heterocycles. The van der Waals surface area contributed by atoms with Crippen molar-refractivity contribution in [3.05, 3.63) is 29.9 Å². The Kier molecular flexibility index (Phi) is 3.04. The first-order valence-corrected chi connectivity index (χ1v) is 5.90.